The minimum absolute atomic E-state index is 0.00291. The highest BCUT2D eigenvalue weighted by atomic mass is 35.5. The van der Waals surface area contributed by atoms with Gasteiger partial charge >= 0.3 is 0 Å². The molecule has 7 nitrogen and oxygen atoms in total. The van der Waals surface area contributed by atoms with Crippen LogP contribution in [0.4, 0.5) is 21.6 Å². The largest absolute Gasteiger partial charge is 0.337 e. The fourth-order valence-electron chi connectivity index (χ4n) is 4.04. The molecule has 5 aromatic rings. The average Bonchev–Trinajstić information content (AvgIpc) is 2.84. The lowest BCUT2D eigenvalue weighted by molar-refractivity contribution is 0.102. The number of rotatable bonds is 4. The Morgan fingerprint density at radius 2 is 1.86 bits per heavy atom. The second-order valence-corrected chi connectivity index (χ2v) is 8.54. The molecule has 2 aromatic heterocycles. The van der Waals surface area contributed by atoms with Crippen LogP contribution in [0.15, 0.2) is 65.8 Å². The van der Waals surface area contributed by atoms with Crippen LogP contribution in [-0.2, 0) is 0 Å². The van der Waals surface area contributed by atoms with Crippen molar-refractivity contribution in [2.75, 3.05) is 10.6 Å². The number of aryl methyl sites for hydroxylation is 2. The second kappa shape index (κ2) is 8.81. The van der Waals surface area contributed by atoms with Gasteiger partial charge in [-0.3, -0.25) is 9.59 Å². The van der Waals surface area contributed by atoms with Crippen LogP contribution in [0.5, 0.6) is 0 Å². The summed E-state index contributed by atoms with van der Waals surface area (Å²) in [5.41, 5.74) is 2.63. The molecule has 0 spiro atoms. The van der Waals surface area contributed by atoms with Gasteiger partial charge in [0.05, 0.1) is 39.2 Å². The summed E-state index contributed by atoms with van der Waals surface area (Å²) in [7, 11) is 0. The Balaban J connectivity index is 1.59. The highest BCUT2D eigenvalue weighted by Gasteiger charge is 2.18. The minimum Gasteiger partial charge on any atom is -0.337 e. The van der Waals surface area contributed by atoms with E-state index in [1.165, 1.54) is 12.4 Å². The summed E-state index contributed by atoms with van der Waals surface area (Å²) < 4.78 is 14.5. The molecular weight excluding hydrogens is 469 g/mol. The summed E-state index contributed by atoms with van der Waals surface area (Å²) in [5, 5.41) is 7.70. The van der Waals surface area contributed by atoms with Crippen LogP contribution in [0.2, 0.25) is 5.02 Å². The van der Waals surface area contributed by atoms with E-state index in [1.807, 2.05) is 26.0 Å². The summed E-state index contributed by atoms with van der Waals surface area (Å²) in [4.78, 5) is 36.8. The zero-order chi connectivity index (χ0) is 24.7. The van der Waals surface area contributed by atoms with Gasteiger partial charge in [-0.15, -0.1) is 0 Å². The number of nitrogens with zero attached hydrogens (tertiary/aromatic N) is 2. The van der Waals surface area contributed by atoms with E-state index in [1.54, 1.807) is 36.5 Å². The van der Waals surface area contributed by atoms with E-state index in [9.17, 15) is 14.0 Å². The average molecular weight is 488 g/mol. The van der Waals surface area contributed by atoms with E-state index >= 15 is 0 Å². The predicted molar refractivity (Wildman–Crippen MR) is 136 cm³/mol. The number of pyridine rings is 1. The first-order valence-corrected chi connectivity index (χ1v) is 11.1. The van der Waals surface area contributed by atoms with Gasteiger partial charge in [-0.05, 0) is 55.3 Å². The highest BCUT2D eigenvalue weighted by Crippen LogP contribution is 2.34. The van der Waals surface area contributed by atoms with Gasteiger partial charge < -0.3 is 15.6 Å². The maximum Gasteiger partial charge on any atom is 0.258 e. The molecule has 3 aromatic carbocycles. The third-order valence-corrected chi connectivity index (χ3v) is 6.02. The Kier molecular flexibility index (Phi) is 5.66. The normalized spacial score (nSPS) is 11.1. The van der Waals surface area contributed by atoms with Crippen LogP contribution in [0.1, 0.15) is 21.5 Å². The maximum atomic E-state index is 14.5. The molecule has 5 rings (SSSR count). The van der Waals surface area contributed by atoms with E-state index in [4.69, 9.17) is 11.6 Å². The van der Waals surface area contributed by atoms with Crippen molar-refractivity contribution in [1.82, 2.24) is 15.0 Å². The zero-order valence-corrected chi connectivity index (χ0v) is 19.5. The summed E-state index contributed by atoms with van der Waals surface area (Å²) >= 11 is 5.91. The molecule has 0 aliphatic heterocycles. The van der Waals surface area contributed by atoms with Crippen molar-refractivity contribution in [2.24, 2.45) is 0 Å². The molecule has 0 bridgehead atoms. The highest BCUT2D eigenvalue weighted by molar-refractivity contribution is 6.31. The Morgan fingerprint density at radius 1 is 1.03 bits per heavy atom. The van der Waals surface area contributed by atoms with Crippen molar-refractivity contribution in [2.45, 2.75) is 13.8 Å². The fraction of sp³-hybridized carbons (Fsp3) is 0.0769. The first-order chi connectivity index (χ1) is 16.8. The van der Waals surface area contributed by atoms with E-state index in [-0.39, 0.29) is 21.8 Å². The number of benzene rings is 3. The number of carbonyl (C=O) groups is 1. The van der Waals surface area contributed by atoms with E-state index in [0.29, 0.717) is 33.2 Å². The fourth-order valence-corrected chi connectivity index (χ4v) is 4.21. The molecule has 9 heteroatoms. The van der Waals surface area contributed by atoms with Crippen molar-refractivity contribution < 1.29 is 9.18 Å². The van der Waals surface area contributed by atoms with E-state index in [2.05, 4.69) is 25.6 Å². The lowest BCUT2D eigenvalue weighted by Crippen LogP contribution is -2.16. The van der Waals surface area contributed by atoms with Gasteiger partial charge in [-0.2, -0.15) is 0 Å². The standard InChI is InChI=1S/C26H19ClFN5O2/c1-13-10-17-23(30-12-31-25(17)34)18(11-13)26(35)33-22-14(2)6-7-16-15(22)8-9-29-24(16)32-20-5-3-4-19(27)21(20)28/h3-12H,1-2H3,(H,29,32)(H,33,35)(H,30,31,34). The topological polar surface area (TPSA) is 99.8 Å². The maximum absolute atomic E-state index is 14.5. The van der Waals surface area contributed by atoms with Crippen LogP contribution in [0.3, 0.4) is 0 Å². The number of anilines is 3. The van der Waals surface area contributed by atoms with Crippen LogP contribution < -0.4 is 16.2 Å². The molecule has 1 amide bonds. The molecule has 35 heavy (non-hydrogen) atoms. The van der Waals surface area contributed by atoms with Gasteiger partial charge in [0.25, 0.3) is 11.5 Å². The minimum atomic E-state index is -0.581. The Morgan fingerprint density at radius 3 is 2.69 bits per heavy atom. The Hall–Kier alpha value is -4.30. The third kappa shape index (κ3) is 4.08. The molecule has 0 saturated carbocycles. The van der Waals surface area contributed by atoms with Crippen LogP contribution in [0.25, 0.3) is 21.7 Å². The first kappa shape index (κ1) is 22.5. The Bertz CT molecular complexity index is 1700. The van der Waals surface area contributed by atoms with Gasteiger partial charge in [-0.25, -0.2) is 14.4 Å². The molecule has 0 atom stereocenters. The Labute approximate surface area is 204 Å². The molecule has 0 saturated heterocycles. The van der Waals surface area contributed by atoms with Crippen molar-refractivity contribution >= 4 is 56.4 Å². The third-order valence-electron chi connectivity index (χ3n) is 5.73. The van der Waals surface area contributed by atoms with Crippen molar-refractivity contribution in [3.63, 3.8) is 0 Å². The lowest BCUT2D eigenvalue weighted by Gasteiger charge is -2.16. The summed E-state index contributed by atoms with van der Waals surface area (Å²) in [6.45, 7) is 3.68. The van der Waals surface area contributed by atoms with E-state index < -0.39 is 11.7 Å². The molecule has 0 aliphatic rings. The smallest absolute Gasteiger partial charge is 0.258 e. The quantitative estimate of drug-likeness (QED) is 0.294. The molecule has 0 fully saturated rings. The summed E-state index contributed by atoms with van der Waals surface area (Å²) in [6, 6.07) is 13.5. The zero-order valence-electron chi connectivity index (χ0n) is 18.7. The molecule has 0 aliphatic carbocycles. The number of nitrogens with one attached hydrogen (secondary N) is 3. The lowest BCUT2D eigenvalue weighted by atomic mass is 10.0. The predicted octanol–water partition coefficient (Wildman–Crippen LogP) is 5.88. The van der Waals surface area contributed by atoms with Gasteiger partial charge in [0, 0.05) is 17.0 Å². The van der Waals surface area contributed by atoms with Crippen LogP contribution >= 0.6 is 11.6 Å². The number of amides is 1. The molecule has 0 unspecified atom stereocenters. The number of aromatic amines is 1. The van der Waals surface area contributed by atoms with Crippen LogP contribution in [-0.4, -0.2) is 20.9 Å². The number of H-pyrrole nitrogens is 1. The number of halogens is 2. The summed E-state index contributed by atoms with van der Waals surface area (Å²) in [5.74, 6) is -0.574. The molecule has 2 heterocycles. The molecule has 0 radical (unpaired) electrons. The van der Waals surface area contributed by atoms with E-state index in [0.717, 1.165) is 11.1 Å². The van der Waals surface area contributed by atoms with Crippen LogP contribution in [0, 0.1) is 19.7 Å². The number of hydrogen-bond donors (Lipinski definition) is 3. The number of aromatic nitrogens is 3. The number of hydrogen-bond acceptors (Lipinski definition) is 5. The van der Waals surface area contributed by atoms with Gasteiger partial charge in [0.15, 0.2) is 5.82 Å². The summed E-state index contributed by atoms with van der Waals surface area (Å²) in [6.07, 6.45) is 2.85. The molecule has 174 valence electrons. The SMILES string of the molecule is Cc1cc(C(=O)Nc2c(C)ccc3c(Nc4cccc(Cl)c4F)nccc23)c2nc[nH]c(=O)c2c1. The number of carbonyl (C=O) groups excluding carboxylic acids is 1. The van der Waals surface area contributed by atoms with Crippen molar-refractivity contribution in [1.29, 1.82) is 0 Å². The number of fused-ring (bicyclic) bond motifs is 2. The molecular formula is C26H19ClFN5O2. The first-order valence-electron chi connectivity index (χ1n) is 10.7. The van der Waals surface area contributed by atoms with Gasteiger partial charge in [0.2, 0.25) is 0 Å². The van der Waals surface area contributed by atoms with Crippen molar-refractivity contribution in [3.8, 4) is 0 Å². The second-order valence-electron chi connectivity index (χ2n) is 8.13. The van der Waals surface area contributed by atoms with Crippen molar-refractivity contribution in [3.05, 3.63) is 98.9 Å². The monoisotopic (exact) mass is 487 g/mol. The molecule has 3 N–H and O–H groups in total. The van der Waals surface area contributed by atoms with Gasteiger partial charge in [-0.1, -0.05) is 29.8 Å². The van der Waals surface area contributed by atoms with Gasteiger partial charge in [0.1, 0.15) is 5.82 Å².